The summed E-state index contributed by atoms with van der Waals surface area (Å²) in [5.41, 5.74) is 7.96. The Morgan fingerprint density at radius 2 is 1.67 bits per heavy atom. The zero-order valence-corrected chi connectivity index (χ0v) is 27.5. The number of carbonyl (C=O) groups excluding carboxylic acids is 1. The minimum Gasteiger partial charge on any atom is -0.352 e. The number of pyridine rings is 1. The molecule has 1 N–H and O–H groups in total. The predicted octanol–water partition coefficient (Wildman–Crippen LogP) is 8.66. The van der Waals surface area contributed by atoms with E-state index >= 15 is 0 Å². The van der Waals surface area contributed by atoms with Crippen LogP contribution in [-0.4, -0.2) is 37.6 Å². The third-order valence-electron chi connectivity index (χ3n) is 6.68. The number of aromatic nitrogens is 3. The van der Waals surface area contributed by atoms with Gasteiger partial charge in [0.2, 0.25) is 5.91 Å². The molecule has 0 spiro atoms. The molecule has 226 valence electrons. The lowest BCUT2D eigenvalue weighted by atomic mass is 9.92. The lowest BCUT2D eigenvalue weighted by Crippen LogP contribution is -2.38. The molecule has 3 heterocycles. The fourth-order valence-corrected chi connectivity index (χ4v) is 4.64. The van der Waals surface area contributed by atoms with E-state index in [1.165, 1.54) is 23.4 Å². The molecule has 3 aromatic rings. The third kappa shape index (κ3) is 10.2. The van der Waals surface area contributed by atoms with Gasteiger partial charge in [0.15, 0.2) is 0 Å². The van der Waals surface area contributed by atoms with Gasteiger partial charge in [-0.3, -0.25) is 14.5 Å². The Bertz CT molecular complexity index is 1450. The van der Waals surface area contributed by atoms with E-state index in [-0.39, 0.29) is 11.4 Å². The van der Waals surface area contributed by atoms with Crippen molar-refractivity contribution in [2.24, 2.45) is 16.1 Å². The van der Waals surface area contributed by atoms with E-state index in [9.17, 15) is 4.79 Å². The molecule has 1 aliphatic carbocycles. The SMILES string of the molecule is CC.CC(=O)NC(C)(C)C.CC1=CC2C(C)=NN=C2C=C1.CCC(CC)n1cc(-c2cnc3ccc(C)cc3c2)cn1. The molecule has 0 fully saturated rings. The monoisotopic (exact) mass is 570 g/mol. The van der Waals surface area contributed by atoms with Crippen LogP contribution in [0, 0.1) is 12.8 Å². The average molecular weight is 571 g/mol. The van der Waals surface area contributed by atoms with Gasteiger partial charge in [0.05, 0.1) is 35.1 Å². The molecule has 1 atom stereocenters. The number of nitrogens with zero attached hydrogens (tertiary/aromatic N) is 5. The van der Waals surface area contributed by atoms with Crippen LogP contribution in [0.1, 0.15) is 93.7 Å². The van der Waals surface area contributed by atoms with Gasteiger partial charge in [-0.1, -0.05) is 57.0 Å². The van der Waals surface area contributed by atoms with Crippen molar-refractivity contribution < 1.29 is 4.79 Å². The second-order valence-electron chi connectivity index (χ2n) is 11.5. The summed E-state index contributed by atoms with van der Waals surface area (Å²) in [6.45, 7) is 22.0. The van der Waals surface area contributed by atoms with Crippen LogP contribution in [0.5, 0.6) is 0 Å². The first kappa shape index (κ1) is 34.3. The molecule has 0 bridgehead atoms. The highest BCUT2D eigenvalue weighted by Gasteiger charge is 2.21. The predicted molar refractivity (Wildman–Crippen MR) is 179 cm³/mol. The topological polar surface area (TPSA) is 84.5 Å². The third-order valence-corrected chi connectivity index (χ3v) is 6.68. The smallest absolute Gasteiger partial charge is 0.217 e. The highest BCUT2D eigenvalue weighted by molar-refractivity contribution is 6.16. The van der Waals surface area contributed by atoms with E-state index in [1.54, 1.807) is 0 Å². The number of amides is 1. The van der Waals surface area contributed by atoms with Crippen LogP contribution >= 0.6 is 0 Å². The molecule has 0 saturated carbocycles. The largest absolute Gasteiger partial charge is 0.352 e. The van der Waals surface area contributed by atoms with Crippen molar-refractivity contribution in [2.45, 2.75) is 101 Å². The maximum Gasteiger partial charge on any atom is 0.217 e. The Balaban J connectivity index is 0.000000246. The zero-order chi connectivity index (χ0) is 31.4. The molecule has 5 rings (SSSR count). The summed E-state index contributed by atoms with van der Waals surface area (Å²) < 4.78 is 2.08. The van der Waals surface area contributed by atoms with Crippen molar-refractivity contribution in [1.82, 2.24) is 20.1 Å². The van der Waals surface area contributed by atoms with Crippen LogP contribution in [0.4, 0.5) is 0 Å². The van der Waals surface area contributed by atoms with Gasteiger partial charge in [-0.15, -0.1) is 0 Å². The summed E-state index contributed by atoms with van der Waals surface area (Å²) in [5.74, 6) is 0.387. The normalized spacial score (nSPS) is 15.1. The molecule has 1 amide bonds. The maximum absolute atomic E-state index is 10.3. The van der Waals surface area contributed by atoms with Crippen molar-refractivity contribution in [2.75, 3.05) is 0 Å². The van der Waals surface area contributed by atoms with Gasteiger partial charge in [-0.2, -0.15) is 15.3 Å². The Morgan fingerprint density at radius 1 is 0.976 bits per heavy atom. The molecular formula is C35H50N6O. The van der Waals surface area contributed by atoms with Crippen molar-refractivity contribution >= 4 is 28.2 Å². The summed E-state index contributed by atoms with van der Waals surface area (Å²) in [6.07, 6.45) is 14.5. The van der Waals surface area contributed by atoms with Gasteiger partial charge < -0.3 is 5.32 Å². The van der Waals surface area contributed by atoms with E-state index in [1.807, 2.05) is 60.0 Å². The van der Waals surface area contributed by atoms with Crippen LogP contribution in [0.25, 0.3) is 22.0 Å². The lowest BCUT2D eigenvalue weighted by molar-refractivity contribution is -0.120. The molecule has 7 heteroatoms. The first-order chi connectivity index (χ1) is 19.9. The second kappa shape index (κ2) is 15.9. The van der Waals surface area contributed by atoms with Crippen LogP contribution < -0.4 is 5.32 Å². The number of hydrogen-bond acceptors (Lipinski definition) is 5. The van der Waals surface area contributed by atoms with E-state index in [4.69, 9.17) is 0 Å². The molecule has 7 nitrogen and oxygen atoms in total. The summed E-state index contributed by atoms with van der Waals surface area (Å²) in [6, 6.07) is 9.03. The van der Waals surface area contributed by atoms with E-state index in [2.05, 4.69) is 101 Å². The molecule has 1 aliphatic heterocycles. The number of nitrogens with one attached hydrogen (secondary N) is 1. The Morgan fingerprint density at radius 3 is 2.26 bits per heavy atom. The molecule has 1 aromatic carbocycles. The minimum absolute atomic E-state index is 0.0255. The van der Waals surface area contributed by atoms with Crippen molar-refractivity contribution in [1.29, 1.82) is 0 Å². The molecular weight excluding hydrogens is 520 g/mol. The van der Waals surface area contributed by atoms with Gasteiger partial charge in [0, 0.05) is 41.4 Å². The van der Waals surface area contributed by atoms with Gasteiger partial charge in [0.25, 0.3) is 0 Å². The van der Waals surface area contributed by atoms with Crippen LogP contribution in [-0.2, 0) is 4.79 Å². The number of carbonyl (C=O) groups is 1. The molecule has 0 saturated heterocycles. The van der Waals surface area contributed by atoms with Crippen LogP contribution in [0.2, 0.25) is 0 Å². The van der Waals surface area contributed by atoms with Crippen molar-refractivity contribution in [3.8, 4) is 11.1 Å². The average Bonchev–Trinajstić information content (AvgIpc) is 3.57. The first-order valence-corrected chi connectivity index (χ1v) is 15.1. The van der Waals surface area contributed by atoms with Gasteiger partial charge in [-0.25, -0.2) is 0 Å². The van der Waals surface area contributed by atoms with E-state index < -0.39 is 0 Å². The molecule has 1 unspecified atom stereocenters. The van der Waals surface area contributed by atoms with Crippen LogP contribution in [0.3, 0.4) is 0 Å². The van der Waals surface area contributed by atoms with Crippen molar-refractivity contribution in [3.05, 3.63) is 72.2 Å². The summed E-state index contributed by atoms with van der Waals surface area (Å²) >= 11 is 0. The second-order valence-corrected chi connectivity index (χ2v) is 11.5. The molecule has 2 aliphatic rings. The fraction of sp³-hybridized carbons (Fsp3) is 0.457. The van der Waals surface area contributed by atoms with E-state index in [0.717, 1.165) is 40.9 Å². The molecule has 0 radical (unpaired) electrons. The number of hydrogen-bond donors (Lipinski definition) is 1. The minimum atomic E-state index is -0.0775. The number of allylic oxidation sites excluding steroid dienone is 4. The summed E-state index contributed by atoms with van der Waals surface area (Å²) in [7, 11) is 0. The Hall–Kier alpha value is -3.87. The quantitative estimate of drug-likeness (QED) is 0.341. The maximum atomic E-state index is 10.3. The van der Waals surface area contributed by atoms with Gasteiger partial charge in [0.1, 0.15) is 0 Å². The van der Waals surface area contributed by atoms with Gasteiger partial charge >= 0.3 is 0 Å². The van der Waals surface area contributed by atoms with Crippen LogP contribution in [0.15, 0.2) is 76.9 Å². The highest BCUT2D eigenvalue weighted by atomic mass is 16.1. The number of benzene rings is 1. The fourth-order valence-electron chi connectivity index (χ4n) is 4.64. The zero-order valence-electron chi connectivity index (χ0n) is 27.5. The lowest BCUT2D eigenvalue weighted by Gasteiger charge is -2.18. The first-order valence-electron chi connectivity index (χ1n) is 15.1. The number of rotatable bonds is 4. The number of fused-ring (bicyclic) bond motifs is 2. The molecule has 2 aromatic heterocycles. The Kier molecular flexibility index (Phi) is 13.0. The summed E-state index contributed by atoms with van der Waals surface area (Å²) in [5, 5.41) is 16.5. The molecule has 42 heavy (non-hydrogen) atoms. The van der Waals surface area contributed by atoms with Crippen molar-refractivity contribution in [3.63, 3.8) is 0 Å². The van der Waals surface area contributed by atoms with Gasteiger partial charge in [-0.05, 0) is 78.7 Å². The summed E-state index contributed by atoms with van der Waals surface area (Å²) in [4.78, 5) is 14.9. The number of aryl methyl sites for hydroxylation is 1. The Labute approximate surface area is 252 Å². The standard InChI is InChI=1S/C18H21N3.C9H10N2.C6H13NO.C2H6/c1-4-17(5-2)21-12-16(11-20-21)15-9-14-8-13(3)6-7-18(14)19-10-15;1-6-3-4-9-8(5-6)7(2)10-11-9;1-5(8)7-6(2,3)4;1-2/h6-12,17H,4-5H2,1-3H3;3-5,8H,1-2H3;1-4H3,(H,7,8);1-2H3. The van der Waals surface area contributed by atoms with E-state index in [0.29, 0.717) is 12.0 Å². The highest BCUT2D eigenvalue weighted by Crippen LogP contribution is 2.25.